The number of aromatic nitrogens is 1. The Kier molecular flexibility index (Phi) is 4.26. The summed E-state index contributed by atoms with van der Waals surface area (Å²) in [6.07, 6.45) is 1.30. The molecule has 0 atom stereocenters. The Bertz CT molecular complexity index is 888. The van der Waals surface area contributed by atoms with Gasteiger partial charge < -0.3 is 8.94 Å². The molecule has 1 aromatic carbocycles. The maximum absolute atomic E-state index is 13.7. The van der Waals surface area contributed by atoms with Crippen LogP contribution in [0.2, 0.25) is 0 Å². The number of furan rings is 1. The average molecular weight is 336 g/mol. The Morgan fingerprint density at radius 1 is 1.13 bits per heavy atom. The molecule has 0 spiro atoms. The van der Waals surface area contributed by atoms with Gasteiger partial charge in [0.15, 0.2) is 0 Å². The van der Waals surface area contributed by atoms with Gasteiger partial charge in [-0.05, 0) is 24.3 Å². The monoisotopic (exact) mass is 336 g/mol. The summed E-state index contributed by atoms with van der Waals surface area (Å²) >= 11 is 0. The highest BCUT2D eigenvalue weighted by atomic mass is 32.2. The maximum atomic E-state index is 13.7. The number of benzene rings is 1. The van der Waals surface area contributed by atoms with Crippen molar-refractivity contribution >= 4 is 10.0 Å². The van der Waals surface area contributed by atoms with Crippen LogP contribution in [0.4, 0.5) is 4.39 Å². The zero-order chi connectivity index (χ0) is 16.3. The van der Waals surface area contributed by atoms with Gasteiger partial charge in [0, 0.05) is 6.07 Å². The zero-order valence-corrected chi connectivity index (χ0v) is 12.7. The summed E-state index contributed by atoms with van der Waals surface area (Å²) in [7, 11) is -3.57. The van der Waals surface area contributed by atoms with E-state index in [0.29, 0.717) is 22.8 Å². The predicted octanol–water partition coefficient (Wildman–Crippen LogP) is 2.69. The minimum Gasteiger partial charge on any atom is -0.460 e. The zero-order valence-electron chi connectivity index (χ0n) is 11.9. The fraction of sp³-hybridized carbons (Fsp3) is 0.133. The van der Waals surface area contributed by atoms with Crippen LogP contribution in [0.15, 0.2) is 57.7 Å². The molecule has 23 heavy (non-hydrogen) atoms. The Labute approximate surface area is 132 Å². The van der Waals surface area contributed by atoms with Crippen molar-refractivity contribution in [2.45, 2.75) is 12.3 Å². The number of hydrogen-bond donors (Lipinski definition) is 1. The number of sulfonamides is 1. The highest BCUT2D eigenvalue weighted by Gasteiger charge is 2.15. The van der Waals surface area contributed by atoms with Gasteiger partial charge in [0.1, 0.15) is 29.4 Å². The number of rotatable bonds is 6. The summed E-state index contributed by atoms with van der Waals surface area (Å²) in [5.41, 5.74) is 0.633. The van der Waals surface area contributed by atoms with E-state index in [0.717, 1.165) is 0 Å². The van der Waals surface area contributed by atoms with Gasteiger partial charge in [0.25, 0.3) is 0 Å². The van der Waals surface area contributed by atoms with Crippen molar-refractivity contribution in [2.24, 2.45) is 0 Å². The molecular weight excluding hydrogens is 323 g/mol. The number of halogens is 1. The second-order valence-corrected chi connectivity index (χ2v) is 6.62. The smallest absolute Gasteiger partial charge is 0.217 e. The molecule has 6 nitrogen and oxygen atoms in total. The van der Waals surface area contributed by atoms with Gasteiger partial charge in [-0.3, -0.25) is 0 Å². The van der Waals surface area contributed by atoms with Crippen molar-refractivity contribution in [3.05, 3.63) is 66.0 Å². The maximum Gasteiger partial charge on any atom is 0.217 e. The molecule has 1 N–H and O–H groups in total. The van der Waals surface area contributed by atoms with E-state index in [9.17, 15) is 12.8 Å². The van der Waals surface area contributed by atoms with Crippen LogP contribution in [-0.2, 0) is 22.3 Å². The molecule has 0 aliphatic rings. The largest absolute Gasteiger partial charge is 0.460 e. The molecule has 0 unspecified atom stereocenters. The Morgan fingerprint density at radius 2 is 1.96 bits per heavy atom. The normalized spacial score (nSPS) is 11.7. The van der Waals surface area contributed by atoms with E-state index in [1.54, 1.807) is 30.3 Å². The van der Waals surface area contributed by atoms with E-state index >= 15 is 0 Å². The molecule has 2 aromatic heterocycles. The first-order chi connectivity index (χ1) is 11.0. The van der Waals surface area contributed by atoms with Crippen LogP contribution >= 0.6 is 0 Å². The van der Waals surface area contributed by atoms with Gasteiger partial charge >= 0.3 is 0 Å². The first-order valence-electron chi connectivity index (χ1n) is 6.74. The molecule has 0 radical (unpaired) electrons. The molecule has 0 saturated heterocycles. The van der Waals surface area contributed by atoms with Gasteiger partial charge in [0.2, 0.25) is 10.0 Å². The highest BCUT2D eigenvalue weighted by molar-refractivity contribution is 7.88. The van der Waals surface area contributed by atoms with Crippen LogP contribution in [0.25, 0.3) is 11.3 Å². The van der Waals surface area contributed by atoms with E-state index in [4.69, 9.17) is 4.42 Å². The fourth-order valence-electron chi connectivity index (χ4n) is 2.02. The van der Waals surface area contributed by atoms with Crippen molar-refractivity contribution in [2.75, 3.05) is 0 Å². The summed E-state index contributed by atoms with van der Waals surface area (Å²) in [5.74, 6) is 0.0329. The van der Waals surface area contributed by atoms with E-state index < -0.39 is 15.8 Å². The molecule has 2 heterocycles. The molecule has 3 rings (SSSR count). The Morgan fingerprint density at radius 3 is 2.70 bits per heavy atom. The fourth-order valence-corrected chi connectivity index (χ4v) is 3.02. The second kappa shape index (κ2) is 6.35. The summed E-state index contributed by atoms with van der Waals surface area (Å²) in [6, 6.07) is 10.9. The van der Waals surface area contributed by atoms with Crippen LogP contribution in [-0.4, -0.2) is 13.6 Å². The summed E-state index contributed by atoms with van der Waals surface area (Å²) < 4.78 is 50.0. The molecule has 8 heteroatoms. The van der Waals surface area contributed by atoms with Crippen LogP contribution in [0.5, 0.6) is 0 Å². The summed E-state index contributed by atoms with van der Waals surface area (Å²) in [5, 5.41) is 3.55. The van der Waals surface area contributed by atoms with Crippen molar-refractivity contribution in [1.82, 2.24) is 9.88 Å². The number of nitrogens with zero attached hydrogens (tertiary/aromatic N) is 1. The van der Waals surface area contributed by atoms with Gasteiger partial charge in [-0.15, -0.1) is 0 Å². The van der Waals surface area contributed by atoms with Gasteiger partial charge in [-0.2, -0.15) is 0 Å². The van der Waals surface area contributed by atoms with Crippen molar-refractivity contribution in [3.63, 3.8) is 0 Å². The van der Waals surface area contributed by atoms with Crippen molar-refractivity contribution < 1.29 is 21.7 Å². The number of hydrogen-bond acceptors (Lipinski definition) is 5. The molecule has 0 saturated carbocycles. The van der Waals surface area contributed by atoms with Gasteiger partial charge in [0.05, 0.1) is 17.8 Å². The van der Waals surface area contributed by atoms with Crippen LogP contribution in [0.1, 0.15) is 11.5 Å². The first-order valence-corrected chi connectivity index (χ1v) is 8.39. The Balaban J connectivity index is 1.67. The van der Waals surface area contributed by atoms with E-state index in [1.807, 2.05) is 0 Å². The van der Waals surface area contributed by atoms with E-state index in [1.165, 1.54) is 18.4 Å². The topological polar surface area (TPSA) is 85.3 Å². The van der Waals surface area contributed by atoms with Crippen molar-refractivity contribution in [1.29, 1.82) is 0 Å². The molecule has 0 fully saturated rings. The lowest BCUT2D eigenvalue weighted by Crippen LogP contribution is -2.24. The lowest BCUT2D eigenvalue weighted by atomic mass is 10.1. The van der Waals surface area contributed by atoms with Gasteiger partial charge in [-0.25, -0.2) is 17.5 Å². The molecule has 0 aliphatic carbocycles. The van der Waals surface area contributed by atoms with Crippen LogP contribution in [0, 0.1) is 5.82 Å². The van der Waals surface area contributed by atoms with E-state index in [2.05, 4.69) is 14.4 Å². The lowest BCUT2D eigenvalue weighted by molar-refractivity contribution is 0.413. The molecular formula is C15H13FN2O4S. The predicted molar refractivity (Wildman–Crippen MR) is 80.1 cm³/mol. The molecule has 120 valence electrons. The minimum atomic E-state index is -3.57. The highest BCUT2D eigenvalue weighted by Crippen LogP contribution is 2.24. The van der Waals surface area contributed by atoms with Crippen LogP contribution in [0.3, 0.4) is 0 Å². The van der Waals surface area contributed by atoms with E-state index in [-0.39, 0.29) is 12.3 Å². The minimum absolute atomic E-state index is 0.0331. The summed E-state index contributed by atoms with van der Waals surface area (Å²) in [4.78, 5) is 0. The third-order valence-corrected chi connectivity index (χ3v) is 4.36. The Hall–Kier alpha value is -2.45. The molecule has 0 amide bonds. The molecule has 0 bridgehead atoms. The average Bonchev–Trinajstić information content (AvgIpc) is 3.17. The van der Waals surface area contributed by atoms with Gasteiger partial charge in [-0.1, -0.05) is 17.3 Å². The third kappa shape index (κ3) is 3.85. The molecule has 0 aliphatic heterocycles. The standard InChI is InChI=1S/C15H13FN2O4S/c16-14-4-2-1-3-13(14)15-6-5-12(22-15)9-17-23(19,20)10-11-7-8-21-18-11/h1-8,17H,9-10H2. The van der Waals surface area contributed by atoms with Crippen molar-refractivity contribution in [3.8, 4) is 11.3 Å². The second-order valence-electron chi connectivity index (χ2n) is 4.82. The summed E-state index contributed by atoms with van der Waals surface area (Å²) in [6.45, 7) is -0.0331. The first kappa shape index (κ1) is 15.4. The lowest BCUT2D eigenvalue weighted by Gasteiger charge is -2.03. The quantitative estimate of drug-likeness (QED) is 0.748. The molecule has 3 aromatic rings. The number of nitrogens with one attached hydrogen (secondary N) is 1. The van der Waals surface area contributed by atoms with Crippen LogP contribution < -0.4 is 4.72 Å². The SMILES string of the molecule is O=S(=O)(Cc1ccon1)NCc1ccc(-c2ccccc2F)o1. The third-order valence-electron chi connectivity index (χ3n) is 3.10.